The van der Waals surface area contributed by atoms with Crippen molar-refractivity contribution in [3.8, 4) is 11.5 Å². The number of rotatable bonds is 5. The van der Waals surface area contributed by atoms with Gasteiger partial charge in [0.25, 0.3) is 0 Å². The Morgan fingerprint density at radius 2 is 1.10 bits per heavy atom. The van der Waals surface area contributed by atoms with Gasteiger partial charge in [-0.05, 0) is 139 Å². The summed E-state index contributed by atoms with van der Waals surface area (Å²) in [6.07, 6.45) is 0. The van der Waals surface area contributed by atoms with Crippen molar-refractivity contribution in [2.75, 3.05) is 21.3 Å². The number of para-hydroxylation sites is 1. The van der Waals surface area contributed by atoms with Crippen molar-refractivity contribution in [1.29, 1.82) is 0 Å². The lowest BCUT2D eigenvalue weighted by atomic mass is 10.2. The summed E-state index contributed by atoms with van der Waals surface area (Å²) in [5.74, 6) is -0.366. The van der Waals surface area contributed by atoms with Gasteiger partial charge in [0.05, 0.1) is 47.0 Å². The molecule has 0 fully saturated rings. The highest BCUT2D eigenvalue weighted by Gasteiger charge is 2.06. The van der Waals surface area contributed by atoms with E-state index in [1.165, 1.54) is 12.7 Å². The number of methoxy groups -OCH3 is 3. The number of carboxylic acids is 2. The maximum Gasteiger partial charge on any atom is 0.337 e. The smallest absolute Gasteiger partial charge is 0.337 e. The van der Waals surface area contributed by atoms with E-state index in [1.807, 2.05) is 49.4 Å². The van der Waals surface area contributed by atoms with E-state index < -0.39 is 11.9 Å². The maximum atomic E-state index is 10.9. The molecule has 0 amide bonds. The summed E-state index contributed by atoms with van der Waals surface area (Å²) < 4.78 is 18.9. The molecule has 8 nitrogen and oxygen atoms in total. The highest BCUT2D eigenvalue weighted by molar-refractivity contribution is 9.11. The topological polar surface area (TPSA) is 119 Å². The molecule has 0 unspecified atom stereocenters. The molecule has 264 valence electrons. The number of carbonyl (C=O) groups is 3. The first kappa shape index (κ1) is 44.5. The van der Waals surface area contributed by atoms with Crippen molar-refractivity contribution in [3.63, 3.8) is 0 Å². The van der Waals surface area contributed by atoms with Gasteiger partial charge in [-0.3, -0.25) is 0 Å². The molecular formula is C37H33Br5O8. The average molecular weight is 1010 g/mol. The van der Waals surface area contributed by atoms with E-state index in [9.17, 15) is 14.4 Å². The minimum atomic E-state index is -0.910. The highest BCUT2D eigenvalue weighted by atomic mass is 79.9. The Hall–Kier alpha value is -3.49. The number of hydrogen-bond acceptors (Lipinski definition) is 6. The van der Waals surface area contributed by atoms with Crippen LogP contribution in [0.3, 0.4) is 0 Å². The van der Waals surface area contributed by atoms with Gasteiger partial charge in [0.15, 0.2) is 0 Å². The molecule has 0 bridgehead atoms. The summed E-state index contributed by atoms with van der Waals surface area (Å²) in [7, 11) is 4.68. The summed E-state index contributed by atoms with van der Waals surface area (Å²) in [4.78, 5) is 31.6. The minimum absolute atomic E-state index is 0.294. The third-order valence-corrected chi connectivity index (χ3v) is 8.66. The van der Waals surface area contributed by atoms with Gasteiger partial charge < -0.3 is 24.4 Å². The number of aryl methyl sites for hydroxylation is 1. The molecule has 2 N–H and O–H groups in total. The minimum Gasteiger partial charge on any atom is -0.497 e. The summed E-state index contributed by atoms with van der Waals surface area (Å²) in [6, 6.07) is 34.0. The maximum absolute atomic E-state index is 10.9. The largest absolute Gasteiger partial charge is 0.497 e. The molecule has 0 aliphatic rings. The summed E-state index contributed by atoms with van der Waals surface area (Å²) in [5.41, 5.74) is 2.36. The molecule has 0 aliphatic carbocycles. The van der Waals surface area contributed by atoms with E-state index in [0.29, 0.717) is 21.2 Å². The van der Waals surface area contributed by atoms with Crippen molar-refractivity contribution < 1.29 is 38.8 Å². The number of halogens is 5. The number of esters is 1. The number of carbonyl (C=O) groups excluding carboxylic acids is 1. The van der Waals surface area contributed by atoms with Crippen LogP contribution in [0.25, 0.3) is 0 Å². The van der Waals surface area contributed by atoms with Gasteiger partial charge in [0, 0.05) is 13.4 Å². The van der Waals surface area contributed by atoms with Gasteiger partial charge in [-0.15, -0.1) is 0 Å². The number of hydrogen-bond donors (Lipinski definition) is 2. The quantitative estimate of drug-likeness (QED) is 0.167. The first-order chi connectivity index (χ1) is 23.7. The van der Waals surface area contributed by atoms with Gasteiger partial charge in [-0.25, -0.2) is 14.4 Å². The second-order valence-corrected chi connectivity index (χ2v) is 13.8. The average Bonchev–Trinajstić information content (AvgIpc) is 3.09. The fourth-order valence-electron chi connectivity index (χ4n) is 3.40. The Morgan fingerprint density at radius 1 is 0.540 bits per heavy atom. The van der Waals surface area contributed by atoms with Gasteiger partial charge in [-0.2, -0.15) is 0 Å². The normalized spacial score (nSPS) is 9.30. The molecule has 13 heteroatoms. The van der Waals surface area contributed by atoms with Crippen molar-refractivity contribution in [1.82, 2.24) is 0 Å². The van der Waals surface area contributed by atoms with Crippen LogP contribution >= 0.6 is 79.6 Å². The van der Waals surface area contributed by atoms with Crippen LogP contribution in [0.1, 0.15) is 36.6 Å². The van der Waals surface area contributed by atoms with Crippen LogP contribution < -0.4 is 9.47 Å². The van der Waals surface area contributed by atoms with Crippen LogP contribution in [-0.4, -0.2) is 49.5 Å². The lowest BCUT2D eigenvalue weighted by molar-refractivity contribution is 0.0599. The number of carboxylic acid groups (broad SMARTS) is 2. The van der Waals surface area contributed by atoms with Gasteiger partial charge in [0.2, 0.25) is 0 Å². The van der Waals surface area contributed by atoms with Gasteiger partial charge in [0.1, 0.15) is 11.5 Å². The standard InChI is InChI=1S/C8H8Br2O.C8H7BrO2.2C7H5BrO2.C7H8O/c1-5-3-6(9)8(11-2)7(10)4-5;1-11-8(10)6-2-4-7(9)5-3-6;8-6-3-1-2-5(4-6)7(9)10;8-6-4-2-1-3-5(6)7(9)10;1-8-7-5-3-2-4-6-7/h3-4H,1-2H3;2-5H,1H3;2*1-4H,(H,9,10);2-6H,1H3. The second-order valence-electron chi connectivity index (χ2n) is 9.38. The van der Waals surface area contributed by atoms with Crippen LogP contribution in [-0.2, 0) is 4.74 Å². The second kappa shape index (κ2) is 24.6. The molecule has 5 aromatic carbocycles. The van der Waals surface area contributed by atoms with E-state index in [-0.39, 0.29) is 5.97 Å². The van der Waals surface area contributed by atoms with Crippen molar-refractivity contribution >= 4 is 97.6 Å². The first-order valence-electron chi connectivity index (χ1n) is 14.1. The summed E-state index contributed by atoms with van der Waals surface area (Å²) in [5, 5.41) is 17.0. The van der Waals surface area contributed by atoms with Crippen LogP contribution in [0, 0.1) is 6.92 Å². The number of aromatic carboxylic acids is 2. The zero-order valence-corrected chi connectivity index (χ0v) is 35.1. The van der Waals surface area contributed by atoms with E-state index in [0.717, 1.165) is 29.4 Å². The third-order valence-electron chi connectivity index (χ3n) is 5.77. The van der Waals surface area contributed by atoms with Gasteiger partial charge >= 0.3 is 17.9 Å². The fourth-order valence-corrected chi connectivity index (χ4v) is 6.26. The van der Waals surface area contributed by atoms with E-state index in [4.69, 9.17) is 19.7 Å². The van der Waals surface area contributed by atoms with Gasteiger partial charge in [-0.1, -0.05) is 68.3 Å². The van der Waals surface area contributed by atoms with E-state index >= 15 is 0 Å². The summed E-state index contributed by atoms with van der Waals surface area (Å²) in [6.45, 7) is 2.04. The lowest BCUT2D eigenvalue weighted by Crippen LogP contribution is -1.99. The Kier molecular flexibility index (Phi) is 21.9. The molecule has 0 heterocycles. The van der Waals surface area contributed by atoms with Crippen LogP contribution in [0.15, 0.2) is 138 Å². The molecule has 0 atom stereocenters. The predicted molar refractivity (Wildman–Crippen MR) is 214 cm³/mol. The fraction of sp³-hybridized carbons (Fsp3) is 0.108. The third kappa shape index (κ3) is 17.4. The van der Waals surface area contributed by atoms with Crippen LogP contribution in [0.4, 0.5) is 0 Å². The monoisotopic (exact) mass is 1000 g/mol. The predicted octanol–water partition coefficient (Wildman–Crippen LogP) is 11.8. The molecule has 5 aromatic rings. The van der Waals surface area contributed by atoms with Crippen molar-refractivity contribution in [2.45, 2.75) is 6.92 Å². The molecule has 0 aromatic heterocycles. The Balaban J connectivity index is 0.000000314. The zero-order chi connectivity index (χ0) is 37.6. The number of benzene rings is 5. The van der Waals surface area contributed by atoms with Crippen molar-refractivity contribution in [2.24, 2.45) is 0 Å². The Bertz CT molecular complexity index is 1780. The van der Waals surface area contributed by atoms with Crippen LogP contribution in [0.2, 0.25) is 0 Å². The molecule has 0 saturated carbocycles. The molecule has 0 saturated heterocycles. The van der Waals surface area contributed by atoms with Crippen molar-refractivity contribution in [3.05, 3.63) is 160 Å². The molecule has 50 heavy (non-hydrogen) atoms. The summed E-state index contributed by atoms with van der Waals surface area (Å²) >= 11 is 16.4. The molecular weight excluding hydrogens is 972 g/mol. The van der Waals surface area contributed by atoms with E-state index in [1.54, 1.807) is 87.0 Å². The SMILES string of the molecule is COC(=O)c1ccc(Br)cc1.COc1c(Br)cc(C)cc1Br.COc1ccccc1.O=C(O)c1cccc(Br)c1.O=C(O)c1ccccc1Br. The number of ether oxygens (including phenoxy) is 3. The molecule has 5 rings (SSSR count). The zero-order valence-electron chi connectivity index (χ0n) is 27.2. The van der Waals surface area contributed by atoms with E-state index in [2.05, 4.69) is 84.4 Å². The molecule has 0 spiro atoms. The molecule has 0 radical (unpaired) electrons. The highest BCUT2D eigenvalue weighted by Crippen LogP contribution is 2.34. The Labute approximate surface area is 333 Å². The lowest BCUT2D eigenvalue weighted by Gasteiger charge is -2.06. The Morgan fingerprint density at radius 3 is 1.50 bits per heavy atom. The van der Waals surface area contributed by atoms with Crippen LogP contribution in [0.5, 0.6) is 11.5 Å². The first-order valence-corrected chi connectivity index (χ1v) is 18.1. The molecule has 0 aliphatic heterocycles.